The van der Waals surface area contributed by atoms with E-state index in [0.29, 0.717) is 12.2 Å². The van der Waals surface area contributed by atoms with Gasteiger partial charge in [-0.05, 0) is 12.8 Å². The van der Waals surface area contributed by atoms with Crippen LogP contribution in [0.25, 0.3) is 0 Å². The zero-order valence-corrected chi connectivity index (χ0v) is 10.9. The molecule has 3 rings (SSSR count). The molecule has 3 amide bonds. The molecule has 1 aliphatic carbocycles. The highest BCUT2D eigenvalue weighted by molar-refractivity contribution is 6.07. The highest BCUT2D eigenvalue weighted by Gasteiger charge is 2.52. The van der Waals surface area contributed by atoms with E-state index in [1.54, 1.807) is 22.8 Å². The van der Waals surface area contributed by atoms with Crippen LogP contribution in [0, 0.1) is 0 Å². The first kappa shape index (κ1) is 12.1. The average molecular weight is 263 g/mol. The maximum absolute atomic E-state index is 12.2. The molecule has 1 aromatic heterocycles. The molecule has 102 valence electrons. The number of urea groups is 1. The lowest BCUT2D eigenvalue weighted by Gasteiger charge is -2.37. The molecular weight excluding hydrogens is 246 g/mol. The monoisotopic (exact) mass is 263 g/mol. The zero-order chi connectivity index (χ0) is 13.5. The fourth-order valence-electron chi connectivity index (χ4n) is 3.08. The zero-order valence-electron chi connectivity index (χ0n) is 10.9. The van der Waals surface area contributed by atoms with E-state index >= 15 is 0 Å². The lowest BCUT2D eigenvalue weighted by molar-refractivity contribution is -0.128. The van der Waals surface area contributed by atoms with Crippen LogP contribution in [0.15, 0.2) is 6.20 Å². The van der Waals surface area contributed by atoms with Gasteiger partial charge in [0.25, 0.3) is 5.91 Å². The minimum absolute atomic E-state index is 0.152. The summed E-state index contributed by atoms with van der Waals surface area (Å²) in [4.78, 5) is 25.8. The standard InChI is InChI=1S/C12H17N5O2/c1-16-7-9(14-15-16)8-17-11(19)13-10(18)12(17)5-3-2-4-6-12/h7H,2-6,8H2,1H3,(H,13,18,19). The van der Waals surface area contributed by atoms with Gasteiger partial charge in [-0.2, -0.15) is 0 Å². The SMILES string of the molecule is Cn1cc(CN2C(=O)NC(=O)C23CCCCC3)nn1. The van der Waals surface area contributed by atoms with E-state index in [-0.39, 0.29) is 11.9 Å². The van der Waals surface area contributed by atoms with Gasteiger partial charge in [0, 0.05) is 13.2 Å². The minimum Gasteiger partial charge on any atom is -0.304 e. The van der Waals surface area contributed by atoms with Crippen LogP contribution in [-0.4, -0.2) is 37.4 Å². The largest absolute Gasteiger partial charge is 0.325 e. The molecule has 7 heteroatoms. The molecule has 2 heterocycles. The van der Waals surface area contributed by atoms with Crippen molar-refractivity contribution in [2.75, 3.05) is 0 Å². The van der Waals surface area contributed by atoms with Crippen LogP contribution in [0.5, 0.6) is 0 Å². The fourth-order valence-corrected chi connectivity index (χ4v) is 3.08. The first-order valence-corrected chi connectivity index (χ1v) is 6.60. The predicted molar refractivity (Wildman–Crippen MR) is 65.9 cm³/mol. The lowest BCUT2D eigenvalue weighted by Crippen LogP contribution is -2.50. The van der Waals surface area contributed by atoms with E-state index in [0.717, 1.165) is 32.1 Å². The van der Waals surface area contributed by atoms with Crippen molar-refractivity contribution >= 4 is 11.9 Å². The van der Waals surface area contributed by atoms with Crippen molar-refractivity contribution < 1.29 is 9.59 Å². The van der Waals surface area contributed by atoms with Gasteiger partial charge in [0.15, 0.2) is 0 Å². The van der Waals surface area contributed by atoms with Gasteiger partial charge in [-0.15, -0.1) is 5.10 Å². The number of carbonyl (C=O) groups is 2. The Balaban J connectivity index is 1.88. The summed E-state index contributed by atoms with van der Waals surface area (Å²) in [6, 6.07) is -0.308. The van der Waals surface area contributed by atoms with Gasteiger partial charge in [0.1, 0.15) is 11.2 Å². The third kappa shape index (κ3) is 1.89. The maximum Gasteiger partial charge on any atom is 0.325 e. The van der Waals surface area contributed by atoms with Gasteiger partial charge in [0.05, 0.1) is 6.54 Å². The lowest BCUT2D eigenvalue weighted by atomic mass is 9.80. The van der Waals surface area contributed by atoms with E-state index in [2.05, 4.69) is 15.6 Å². The van der Waals surface area contributed by atoms with Gasteiger partial charge in [-0.1, -0.05) is 24.5 Å². The molecule has 0 unspecified atom stereocenters. The van der Waals surface area contributed by atoms with Crippen molar-refractivity contribution in [2.24, 2.45) is 7.05 Å². The Hall–Kier alpha value is -1.92. The summed E-state index contributed by atoms with van der Waals surface area (Å²) < 4.78 is 1.60. The Morgan fingerprint density at radius 2 is 2.05 bits per heavy atom. The first-order chi connectivity index (χ1) is 9.12. The molecule has 1 spiro atoms. The second kappa shape index (κ2) is 4.32. The van der Waals surface area contributed by atoms with E-state index in [1.807, 2.05) is 0 Å². The Labute approximate surface area is 110 Å². The second-order valence-corrected chi connectivity index (χ2v) is 5.32. The van der Waals surface area contributed by atoms with Crippen molar-refractivity contribution in [3.8, 4) is 0 Å². The molecule has 2 fully saturated rings. The number of hydrogen-bond donors (Lipinski definition) is 1. The molecule has 1 aliphatic heterocycles. The molecule has 0 aromatic carbocycles. The molecule has 1 N–H and O–H groups in total. The number of nitrogens with zero attached hydrogens (tertiary/aromatic N) is 4. The Morgan fingerprint density at radius 3 is 2.68 bits per heavy atom. The van der Waals surface area contributed by atoms with E-state index in [4.69, 9.17) is 0 Å². The molecule has 1 saturated carbocycles. The molecule has 2 aliphatic rings. The normalized spacial score (nSPS) is 22.1. The summed E-state index contributed by atoms with van der Waals surface area (Å²) in [5, 5.41) is 10.3. The summed E-state index contributed by atoms with van der Waals surface area (Å²) in [7, 11) is 1.78. The van der Waals surface area contributed by atoms with Crippen molar-refractivity contribution in [3.63, 3.8) is 0 Å². The van der Waals surface area contributed by atoms with E-state index < -0.39 is 5.54 Å². The second-order valence-electron chi connectivity index (χ2n) is 5.32. The molecule has 0 bridgehead atoms. The summed E-state index contributed by atoms with van der Waals surface area (Å²) in [5.41, 5.74) is 0.0460. The van der Waals surface area contributed by atoms with Gasteiger partial charge in [-0.3, -0.25) is 14.8 Å². The van der Waals surface area contributed by atoms with Crippen LogP contribution in [0.4, 0.5) is 4.79 Å². The van der Waals surface area contributed by atoms with Gasteiger partial charge >= 0.3 is 6.03 Å². The summed E-state index contributed by atoms with van der Waals surface area (Å²) in [6.07, 6.45) is 6.35. The number of carbonyl (C=O) groups excluding carboxylic acids is 2. The number of rotatable bonds is 2. The first-order valence-electron chi connectivity index (χ1n) is 6.60. The van der Waals surface area contributed by atoms with Gasteiger partial charge in [-0.25, -0.2) is 4.79 Å². The van der Waals surface area contributed by atoms with Crippen LogP contribution >= 0.6 is 0 Å². The summed E-state index contributed by atoms with van der Waals surface area (Å²) >= 11 is 0. The highest BCUT2D eigenvalue weighted by Crippen LogP contribution is 2.37. The molecule has 0 atom stereocenters. The average Bonchev–Trinajstić information content (AvgIpc) is 2.89. The van der Waals surface area contributed by atoms with Gasteiger partial charge in [0.2, 0.25) is 0 Å². The predicted octanol–water partition coefficient (Wildman–Crippen LogP) is 0.570. The number of hydrogen-bond acceptors (Lipinski definition) is 4. The maximum atomic E-state index is 12.2. The third-order valence-electron chi connectivity index (χ3n) is 4.06. The van der Waals surface area contributed by atoms with Crippen LogP contribution in [0.3, 0.4) is 0 Å². The van der Waals surface area contributed by atoms with Crippen LogP contribution in [0.2, 0.25) is 0 Å². The number of imide groups is 1. The topological polar surface area (TPSA) is 80.1 Å². The highest BCUT2D eigenvalue weighted by atomic mass is 16.2. The van der Waals surface area contributed by atoms with Crippen molar-refractivity contribution in [3.05, 3.63) is 11.9 Å². The number of aryl methyl sites for hydroxylation is 1. The van der Waals surface area contributed by atoms with Crippen molar-refractivity contribution in [1.29, 1.82) is 0 Å². The molecule has 1 saturated heterocycles. The van der Waals surface area contributed by atoms with E-state index in [1.165, 1.54) is 0 Å². The number of aromatic nitrogens is 3. The Kier molecular flexibility index (Phi) is 2.76. The quantitative estimate of drug-likeness (QED) is 0.791. The summed E-state index contributed by atoms with van der Waals surface area (Å²) in [6.45, 7) is 0.339. The third-order valence-corrected chi connectivity index (χ3v) is 4.06. The summed E-state index contributed by atoms with van der Waals surface area (Å²) in [5.74, 6) is -0.152. The van der Waals surface area contributed by atoms with Crippen LogP contribution < -0.4 is 5.32 Å². The van der Waals surface area contributed by atoms with Crippen molar-refractivity contribution in [1.82, 2.24) is 25.2 Å². The van der Waals surface area contributed by atoms with Crippen molar-refractivity contribution in [2.45, 2.75) is 44.2 Å². The molecular formula is C12H17N5O2. The molecule has 1 aromatic rings. The number of nitrogens with one attached hydrogen (secondary N) is 1. The molecule has 7 nitrogen and oxygen atoms in total. The fraction of sp³-hybridized carbons (Fsp3) is 0.667. The Morgan fingerprint density at radius 1 is 1.32 bits per heavy atom. The van der Waals surface area contributed by atoms with Gasteiger partial charge < -0.3 is 4.90 Å². The molecule has 0 radical (unpaired) electrons. The van der Waals surface area contributed by atoms with Crippen LogP contribution in [0.1, 0.15) is 37.8 Å². The van der Waals surface area contributed by atoms with Crippen LogP contribution in [-0.2, 0) is 18.4 Å². The Bertz CT molecular complexity index is 518. The van der Waals surface area contributed by atoms with E-state index in [9.17, 15) is 9.59 Å². The minimum atomic E-state index is -0.660. The number of amides is 3. The molecule has 19 heavy (non-hydrogen) atoms. The smallest absolute Gasteiger partial charge is 0.304 e.